The van der Waals surface area contributed by atoms with Gasteiger partial charge in [0.05, 0.1) is 22.7 Å². The molecule has 0 N–H and O–H groups in total. The fraction of sp³-hybridized carbons (Fsp3) is 0.188. The molecule has 2 aromatic heterocycles. The van der Waals surface area contributed by atoms with E-state index in [0.29, 0.717) is 5.56 Å². The van der Waals surface area contributed by atoms with E-state index in [1.807, 2.05) is 42.6 Å². The Morgan fingerprint density at radius 3 is 1.95 bits per heavy atom. The lowest BCUT2D eigenvalue weighted by Crippen LogP contribution is -2.36. The molecular weight excluding hydrogens is 470 g/mol. The van der Waals surface area contributed by atoms with Crippen molar-refractivity contribution >= 4 is 20.8 Å². The first-order valence-electron chi connectivity index (χ1n) is 12.4. The van der Waals surface area contributed by atoms with E-state index >= 15 is 0 Å². The Morgan fingerprint density at radius 2 is 1.41 bits per heavy atom. The molecule has 5 heteroatoms. The Balaban J connectivity index is 1.78. The van der Waals surface area contributed by atoms with Crippen molar-refractivity contribution in [2.45, 2.75) is 38.3 Å². The van der Waals surface area contributed by atoms with Crippen molar-refractivity contribution < 1.29 is 4.43 Å². The minimum Gasteiger partial charge on any atom is -0.400 e. The predicted molar refractivity (Wildman–Crippen MR) is 150 cm³/mol. The summed E-state index contributed by atoms with van der Waals surface area (Å²) < 4.78 is 9.22. The highest BCUT2D eigenvalue weighted by atomic mass is 28.2. The number of fused-ring (bicyclic) bond motifs is 1. The maximum Gasteiger partial charge on any atom is 0.237 e. The van der Waals surface area contributed by atoms with Gasteiger partial charge in [0.15, 0.2) is 0 Å². The van der Waals surface area contributed by atoms with E-state index in [1.54, 1.807) is 0 Å². The van der Waals surface area contributed by atoms with Crippen molar-refractivity contribution in [2.24, 2.45) is 0 Å². The van der Waals surface area contributed by atoms with Gasteiger partial charge in [-0.2, -0.15) is 5.26 Å². The molecule has 37 heavy (non-hydrogen) atoms. The fourth-order valence-electron chi connectivity index (χ4n) is 4.68. The van der Waals surface area contributed by atoms with Gasteiger partial charge in [0.2, 0.25) is 9.76 Å². The van der Waals surface area contributed by atoms with Crippen LogP contribution in [0.5, 0.6) is 0 Å². The van der Waals surface area contributed by atoms with Crippen LogP contribution < -0.4 is 0 Å². The molecule has 5 rings (SSSR count). The summed E-state index contributed by atoms with van der Waals surface area (Å²) in [5.41, 5.74) is 6.89. The maximum absolute atomic E-state index is 9.26. The van der Waals surface area contributed by atoms with Crippen LogP contribution in [0.1, 0.15) is 48.7 Å². The van der Waals surface area contributed by atoms with E-state index in [4.69, 9.17) is 9.41 Å². The molecule has 0 amide bonds. The highest BCUT2D eigenvalue weighted by Crippen LogP contribution is 2.42. The van der Waals surface area contributed by atoms with Gasteiger partial charge >= 0.3 is 0 Å². The number of aromatic nitrogens is 2. The molecule has 0 spiro atoms. The number of nitriles is 1. The van der Waals surface area contributed by atoms with E-state index < -0.39 is 5.60 Å². The number of pyridine rings is 1. The Bertz CT molecular complexity index is 1520. The SMILES string of the molecule is Cc1cc2ncc(C(O[Si]C(C)(C)C)(c3ccccc3)c3ccccc3)cc2n1-c1ccc(C#N)cc1. The van der Waals surface area contributed by atoms with Crippen molar-refractivity contribution in [3.8, 4) is 11.8 Å². The number of rotatable bonds is 6. The summed E-state index contributed by atoms with van der Waals surface area (Å²) in [5, 5.41) is 9.25. The van der Waals surface area contributed by atoms with Crippen LogP contribution in [-0.4, -0.2) is 19.3 Å². The minimum atomic E-state index is -0.830. The number of benzene rings is 3. The molecule has 0 aliphatic heterocycles. The summed E-state index contributed by atoms with van der Waals surface area (Å²) in [6.45, 7) is 8.69. The zero-order valence-corrected chi connectivity index (χ0v) is 22.6. The molecule has 0 aliphatic rings. The monoisotopic (exact) mass is 499 g/mol. The third-order valence-corrected chi connectivity index (χ3v) is 7.39. The molecule has 0 aliphatic carbocycles. The summed E-state index contributed by atoms with van der Waals surface area (Å²) in [6, 6.07) is 35.0. The molecule has 0 atom stereocenters. The lowest BCUT2D eigenvalue weighted by molar-refractivity contribution is 0.156. The highest BCUT2D eigenvalue weighted by Gasteiger charge is 2.39. The van der Waals surface area contributed by atoms with E-state index in [-0.39, 0.29) is 14.8 Å². The zero-order valence-electron chi connectivity index (χ0n) is 21.6. The van der Waals surface area contributed by atoms with Crippen molar-refractivity contribution in [1.82, 2.24) is 9.55 Å². The molecule has 182 valence electrons. The number of nitrogens with zero attached hydrogens (tertiary/aromatic N) is 3. The average molecular weight is 500 g/mol. The highest BCUT2D eigenvalue weighted by molar-refractivity contribution is 6.32. The van der Waals surface area contributed by atoms with Crippen LogP contribution >= 0.6 is 0 Å². The third-order valence-electron chi connectivity index (χ3n) is 6.37. The molecule has 0 unspecified atom stereocenters. The summed E-state index contributed by atoms with van der Waals surface area (Å²) in [6.07, 6.45) is 1.96. The Hall–Kier alpha value is -3.98. The second kappa shape index (κ2) is 9.82. The van der Waals surface area contributed by atoms with Crippen molar-refractivity contribution in [1.29, 1.82) is 5.26 Å². The standard InChI is InChI=1S/C32H29N3OSi/c1-23-19-29-30(35(23)28-17-15-24(21-33)16-18-28)20-27(22-34-29)32(36-37-31(2,3)4,25-11-7-5-8-12-25)26-13-9-6-10-14-26/h5-20,22H,1-4H3. The summed E-state index contributed by atoms with van der Waals surface area (Å²) in [7, 11) is 0.255. The van der Waals surface area contributed by atoms with Crippen molar-refractivity contribution in [3.63, 3.8) is 0 Å². The number of hydrogen-bond donors (Lipinski definition) is 0. The van der Waals surface area contributed by atoms with Crippen LogP contribution in [0.15, 0.2) is 103 Å². The fourth-order valence-corrected chi connectivity index (χ4v) is 5.49. The molecule has 0 saturated heterocycles. The average Bonchev–Trinajstić information content (AvgIpc) is 3.25. The number of aryl methyl sites for hydroxylation is 1. The lowest BCUT2D eigenvalue weighted by Gasteiger charge is -2.37. The Kier molecular flexibility index (Phi) is 6.55. The Morgan fingerprint density at radius 1 is 0.811 bits per heavy atom. The molecule has 2 heterocycles. The van der Waals surface area contributed by atoms with Gasteiger partial charge in [-0.3, -0.25) is 4.98 Å². The second-order valence-electron chi connectivity index (χ2n) is 10.3. The first kappa shape index (κ1) is 24.7. The Labute approximate surface area is 221 Å². The van der Waals surface area contributed by atoms with E-state index in [9.17, 15) is 5.26 Å². The molecule has 2 radical (unpaired) electrons. The largest absolute Gasteiger partial charge is 0.400 e. The van der Waals surface area contributed by atoms with E-state index in [2.05, 4.69) is 99.0 Å². The first-order valence-corrected chi connectivity index (χ1v) is 13.3. The van der Waals surface area contributed by atoms with Crippen LogP contribution in [-0.2, 0) is 10.0 Å². The van der Waals surface area contributed by atoms with Gasteiger partial charge < -0.3 is 8.99 Å². The van der Waals surface area contributed by atoms with Crippen LogP contribution in [0.3, 0.4) is 0 Å². The third kappa shape index (κ3) is 4.74. The number of hydrogen-bond acceptors (Lipinski definition) is 3. The maximum atomic E-state index is 9.26. The lowest BCUT2D eigenvalue weighted by atomic mass is 9.81. The normalized spacial score (nSPS) is 12.0. The second-order valence-corrected chi connectivity index (χ2v) is 12.2. The van der Waals surface area contributed by atoms with Gasteiger partial charge in [-0.15, -0.1) is 0 Å². The van der Waals surface area contributed by atoms with Crippen molar-refractivity contribution in [2.75, 3.05) is 0 Å². The zero-order chi connectivity index (χ0) is 26.0. The van der Waals surface area contributed by atoms with Crippen molar-refractivity contribution in [3.05, 3.63) is 131 Å². The predicted octanol–water partition coefficient (Wildman–Crippen LogP) is 7.35. The molecule has 3 aromatic carbocycles. The summed E-state index contributed by atoms with van der Waals surface area (Å²) in [5.74, 6) is 0. The topological polar surface area (TPSA) is 50.8 Å². The van der Waals surface area contributed by atoms with Gasteiger partial charge in [-0.05, 0) is 59.5 Å². The van der Waals surface area contributed by atoms with E-state index in [0.717, 1.165) is 39.1 Å². The van der Waals surface area contributed by atoms with Crippen LogP contribution in [0.25, 0.3) is 16.7 Å². The molecule has 0 bridgehead atoms. The quantitative estimate of drug-likeness (QED) is 0.230. The van der Waals surface area contributed by atoms with E-state index in [1.165, 1.54) is 0 Å². The molecular formula is C32H29N3OSi. The summed E-state index contributed by atoms with van der Waals surface area (Å²) in [4.78, 5) is 4.93. The smallest absolute Gasteiger partial charge is 0.237 e. The van der Waals surface area contributed by atoms with Crippen LogP contribution in [0.4, 0.5) is 0 Å². The molecule has 5 aromatic rings. The first-order chi connectivity index (χ1) is 17.8. The van der Waals surface area contributed by atoms with Crippen LogP contribution in [0.2, 0.25) is 5.04 Å². The van der Waals surface area contributed by atoms with Gasteiger partial charge in [-0.1, -0.05) is 81.4 Å². The van der Waals surface area contributed by atoms with Crippen LogP contribution in [0, 0.1) is 18.3 Å². The molecule has 0 saturated carbocycles. The summed E-state index contributed by atoms with van der Waals surface area (Å²) >= 11 is 0. The molecule has 0 fully saturated rings. The minimum absolute atomic E-state index is 0.00830. The molecule has 4 nitrogen and oxygen atoms in total. The van der Waals surface area contributed by atoms with Gasteiger partial charge in [0.1, 0.15) is 5.60 Å². The van der Waals surface area contributed by atoms with Gasteiger partial charge in [0, 0.05) is 23.1 Å². The van der Waals surface area contributed by atoms with Gasteiger partial charge in [-0.25, -0.2) is 0 Å². The van der Waals surface area contributed by atoms with Gasteiger partial charge in [0.25, 0.3) is 0 Å².